The fourth-order valence-corrected chi connectivity index (χ4v) is 3.28. The van der Waals surface area contributed by atoms with Gasteiger partial charge in [0.1, 0.15) is 0 Å². The van der Waals surface area contributed by atoms with E-state index in [1.165, 1.54) is 0 Å². The van der Waals surface area contributed by atoms with Crippen molar-refractivity contribution in [3.05, 3.63) is 47.6 Å². The van der Waals surface area contributed by atoms with Crippen molar-refractivity contribution in [2.45, 2.75) is 44.8 Å². The van der Waals surface area contributed by atoms with Crippen LogP contribution in [0.3, 0.4) is 0 Å². The summed E-state index contributed by atoms with van der Waals surface area (Å²) in [6.07, 6.45) is 2.47. The van der Waals surface area contributed by atoms with Crippen LogP contribution in [0.4, 0.5) is 0 Å². The molecule has 1 aliphatic heterocycles. The summed E-state index contributed by atoms with van der Waals surface area (Å²) < 4.78 is 5.01. The van der Waals surface area contributed by atoms with Crippen molar-refractivity contribution in [1.29, 1.82) is 0 Å². The molecule has 0 bridgehead atoms. The third-order valence-corrected chi connectivity index (χ3v) is 4.77. The lowest BCUT2D eigenvalue weighted by atomic mass is 9.95. The Morgan fingerprint density at radius 1 is 1.31 bits per heavy atom. The third kappa shape index (κ3) is 5.37. The number of amides is 1. The second-order valence-electron chi connectivity index (χ2n) is 7.02. The monoisotopic (exact) mass is 358 g/mol. The highest BCUT2D eigenvalue weighted by Gasteiger charge is 2.30. The maximum absolute atomic E-state index is 12.1. The van der Waals surface area contributed by atoms with E-state index >= 15 is 0 Å². The second kappa shape index (κ2) is 8.42. The first-order chi connectivity index (χ1) is 12.5. The Labute approximate surface area is 153 Å². The van der Waals surface area contributed by atoms with E-state index in [1.54, 1.807) is 6.92 Å². The molecule has 0 saturated carbocycles. The Bertz CT molecular complexity index is 719. The van der Waals surface area contributed by atoms with Gasteiger partial charge in [-0.15, -0.1) is 0 Å². The number of hydrogen-bond donors (Lipinski definition) is 2. The molecule has 1 aromatic carbocycles. The van der Waals surface area contributed by atoms with E-state index in [1.807, 2.05) is 30.3 Å². The van der Waals surface area contributed by atoms with Gasteiger partial charge >= 0.3 is 0 Å². The number of aliphatic hydroxyl groups is 1. The van der Waals surface area contributed by atoms with Crippen LogP contribution in [-0.4, -0.2) is 51.3 Å². The zero-order chi connectivity index (χ0) is 18.4. The lowest BCUT2D eigenvalue weighted by Crippen LogP contribution is -2.44. The van der Waals surface area contributed by atoms with Crippen molar-refractivity contribution < 1.29 is 14.4 Å². The van der Waals surface area contributed by atoms with E-state index in [0.29, 0.717) is 37.5 Å². The molecule has 1 fully saturated rings. The molecule has 26 heavy (non-hydrogen) atoms. The first kappa shape index (κ1) is 18.5. The molecule has 0 spiro atoms. The van der Waals surface area contributed by atoms with Gasteiger partial charge in [0, 0.05) is 20.0 Å². The Kier molecular flexibility index (Phi) is 6.00. The number of aromatic nitrogens is 2. The van der Waals surface area contributed by atoms with Crippen LogP contribution in [0.1, 0.15) is 36.5 Å². The zero-order valence-electron chi connectivity index (χ0n) is 15.1. The highest BCUT2D eigenvalue weighted by atomic mass is 16.5. The summed E-state index contributed by atoms with van der Waals surface area (Å²) in [6, 6.07) is 9.62. The molecule has 140 valence electrons. The topological polar surface area (TPSA) is 91.5 Å². The largest absolute Gasteiger partial charge is 0.388 e. The van der Waals surface area contributed by atoms with Crippen LogP contribution in [0.15, 0.2) is 34.9 Å². The fraction of sp³-hybridized carbons (Fsp3) is 0.526. The van der Waals surface area contributed by atoms with E-state index < -0.39 is 5.60 Å². The molecule has 1 saturated heterocycles. The molecule has 2 aromatic rings. The van der Waals surface area contributed by atoms with Gasteiger partial charge in [0.15, 0.2) is 5.82 Å². The minimum Gasteiger partial charge on any atom is -0.388 e. The SMILES string of the molecule is Cc1nc(CN2CCC[C@](O)(CNC(=O)Cc3ccccc3)CC2)no1. The minimum absolute atomic E-state index is 0.0620. The van der Waals surface area contributed by atoms with Crippen molar-refractivity contribution >= 4 is 5.91 Å². The molecule has 1 aliphatic rings. The van der Waals surface area contributed by atoms with Gasteiger partial charge in [0.2, 0.25) is 11.8 Å². The van der Waals surface area contributed by atoms with Crippen LogP contribution in [0, 0.1) is 6.92 Å². The highest BCUT2D eigenvalue weighted by molar-refractivity contribution is 5.78. The molecule has 1 atom stereocenters. The van der Waals surface area contributed by atoms with Gasteiger partial charge in [0.25, 0.3) is 0 Å². The van der Waals surface area contributed by atoms with Crippen LogP contribution in [0.25, 0.3) is 0 Å². The van der Waals surface area contributed by atoms with Crippen LogP contribution < -0.4 is 5.32 Å². The first-order valence-corrected chi connectivity index (χ1v) is 9.07. The molecule has 1 amide bonds. The van der Waals surface area contributed by atoms with Gasteiger partial charge in [-0.1, -0.05) is 35.5 Å². The Balaban J connectivity index is 1.46. The molecule has 3 rings (SSSR count). The quantitative estimate of drug-likeness (QED) is 0.812. The zero-order valence-corrected chi connectivity index (χ0v) is 15.1. The number of nitrogens with one attached hydrogen (secondary N) is 1. The van der Waals surface area contributed by atoms with Crippen molar-refractivity contribution in [3.63, 3.8) is 0 Å². The lowest BCUT2D eigenvalue weighted by molar-refractivity contribution is -0.121. The summed E-state index contributed by atoms with van der Waals surface area (Å²) in [4.78, 5) is 18.6. The Hall–Kier alpha value is -2.25. The van der Waals surface area contributed by atoms with Gasteiger partial charge in [-0.2, -0.15) is 4.98 Å². The maximum atomic E-state index is 12.1. The third-order valence-electron chi connectivity index (χ3n) is 4.77. The number of nitrogens with zero attached hydrogens (tertiary/aromatic N) is 3. The number of carbonyl (C=O) groups excluding carboxylic acids is 1. The second-order valence-corrected chi connectivity index (χ2v) is 7.02. The summed E-state index contributed by atoms with van der Waals surface area (Å²) in [6.45, 7) is 4.28. The summed E-state index contributed by atoms with van der Waals surface area (Å²) >= 11 is 0. The van der Waals surface area contributed by atoms with Crippen molar-refractivity contribution in [2.75, 3.05) is 19.6 Å². The summed E-state index contributed by atoms with van der Waals surface area (Å²) in [5, 5.41) is 17.7. The van der Waals surface area contributed by atoms with Crippen LogP contribution in [0.2, 0.25) is 0 Å². The minimum atomic E-state index is -0.867. The van der Waals surface area contributed by atoms with E-state index in [4.69, 9.17) is 4.52 Å². The van der Waals surface area contributed by atoms with Gasteiger partial charge in [-0.05, 0) is 31.4 Å². The average molecular weight is 358 g/mol. The van der Waals surface area contributed by atoms with Gasteiger partial charge in [-0.3, -0.25) is 9.69 Å². The van der Waals surface area contributed by atoms with Crippen molar-refractivity contribution in [1.82, 2.24) is 20.4 Å². The van der Waals surface area contributed by atoms with Gasteiger partial charge < -0.3 is 14.9 Å². The van der Waals surface area contributed by atoms with Crippen molar-refractivity contribution in [2.24, 2.45) is 0 Å². The van der Waals surface area contributed by atoms with Gasteiger partial charge in [0.05, 0.1) is 18.6 Å². The standard InChI is InChI=1S/C19H26N4O3/c1-15-21-17(22-26-15)13-23-10-5-8-19(25,9-11-23)14-20-18(24)12-16-6-3-2-4-7-16/h2-4,6-7,25H,5,8-14H2,1H3,(H,20,24)/t19-/m1/s1. The molecule has 0 unspecified atom stereocenters. The van der Waals surface area contributed by atoms with E-state index in [9.17, 15) is 9.90 Å². The maximum Gasteiger partial charge on any atom is 0.224 e. The predicted molar refractivity (Wildman–Crippen MR) is 96.3 cm³/mol. The molecular weight excluding hydrogens is 332 g/mol. The number of hydrogen-bond acceptors (Lipinski definition) is 6. The van der Waals surface area contributed by atoms with E-state index in [2.05, 4.69) is 20.4 Å². The number of aryl methyl sites for hydroxylation is 1. The fourth-order valence-electron chi connectivity index (χ4n) is 3.28. The number of likely N-dealkylation sites (tertiary alicyclic amines) is 1. The molecule has 7 heteroatoms. The van der Waals surface area contributed by atoms with E-state index in [0.717, 1.165) is 25.1 Å². The summed E-state index contributed by atoms with van der Waals surface area (Å²) in [7, 11) is 0. The molecular formula is C19H26N4O3. The van der Waals surface area contributed by atoms with Crippen LogP contribution >= 0.6 is 0 Å². The lowest BCUT2D eigenvalue weighted by Gasteiger charge is -2.27. The van der Waals surface area contributed by atoms with Crippen LogP contribution in [0.5, 0.6) is 0 Å². The molecule has 0 aliphatic carbocycles. The number of carbonyl (C=O) groups is 1. The van der Waals surface area contributed by atoms with Gasteiger partial charge in [-0.25, -0.2) is 0 Å². The van der Waals surface area contributed by atoms with Crippen molar-refractivity contribution in [3.8, 4) is 0 Å². The highest BCUT2D eigenvalue weighted by Crippen LogP contribution is 2.22. The molecule has 2 heterocycles. The first-order valence-electron chi connectivity index (χ1n) is 9.07. The number of benzene rings is 1. The number of rotatable bonds is 6. The van der Waals surface area contributed by atoms with Crippen LogP contribution in [-0.2, 0) is 17.8 Å². The average Bonchev–Trinajstić information content (AvgIpc) is 2.94. The normalized spacial score (nSPS) is 21.3. The summed E-state index contributed by atoms with van der Waals surface area (Å²) in [5.41, 5.74) is 0.105. The summed E-state index contributed by atoms with van der Waals surface area (Å²) in [5.74, 6) is 1.17. The molecule has 7 nitrogen and oxygen atoms in total. The Morgan fingerprint density at radius 2 is 2.12 bits per heavy atom. The smallest absolute Gasteiger partial charge is 0.224 e. The Morgan fingerprint density at radius 3 is 2.85 bits per heavy atom. The molecule has 1 aromatic heterocycles. The van der Waals surface area contributed by atoms with E-state index in [-0.39, 0.29) is 12.5 Å². The predicted octanol–water partition coefficient (Wildman–Crippen LogP) is 1.45. The molecule has 0 radical (unpaired) electrons. The molecule has 2 N–H and O–H groups in total.